The number of carboxylic acids is 1. The second-order valence-electron chi connectivity index (χ2n) is 10.8. The topological polar surface area (TPSA) is 59.0 Å². The number of carboxylic acid groups (broad SMARTS) is 1. The van der Waals surface area contributed by atoms with Gasteiger partial charge in [-0.05, 0) is 73.8 Å². The minimum absolute atomic E-state index is 0.0739. The molecule has 0 radical (unpaired) electrons. The summed E-state index contributed by atoms with van der Waals surface area (Å²) in [7, 11) is 0. The number of benzene rings is 2. The number of piperidine rings is 1. The maximum absolute atomic E-state index is 15.9. The van der Waals surface area contributed by atoms with Crippen molar-refractivity contribution in [1.29, 1.82) is 0 Å². The van der Waals surface area contributed by atoms with Crippen molar-refractivity contribution in [2.45, 2.75) is 69.9 Å². The van der Waals surface area contributed by atoms with Gasteiger partial charge in [0.25, 0.3) is 0 Å². The zero-order valence-corrected chi connectivity index (χ0v) is 21.0. The molecule has 0 unspecified atom stereocenters. The van der Waals surface area contributed by atoms with E-state index in [2.05, 4.69) is 4.74 Å². The van der Waals surface area contributed by atoms with Gasteiger partial charge in [-0.1, -0.05) is 19.1 Å². The predicted octanol–water partition coefficient (Wildman–Crippen LogP) is 6.44. The minimum atomic E-state index is -4.88. The number of halogens is 5. The summed E-state index contributed by atoms with van der Waals surface area (Å²) in [5.41, 5.74) is 0.621. The fourth-order valence-corrected chi connectivity index (χ4v) is 5.95. The molecule has 1 aliphatic carbocycles. The molecule has 1 saturated heterocycles. The Bertz CT molecular complexity index is 1200. The van der Waals surface area contributed by atoms with Crippen LogP contribution >= 0.6 is 0 Å². The van der Waals surface area contributed by atoms with Gasteiger partial charge in [-0.2, -0.15) is 0 Å². The first-order valence-corrected chi connectivity index (χ1v) is 12.9. The van der Waals surface area contributed by atoms with E-state index < -0.39 is 47.2 Å². The quantitative estimate of drug-likeness (QED) is 0.411. The van der Waals surface area contributed by atoms with E-state index >= 15 is 4.39 Å². The fraction of sp³-hybridized carbons (Fsp3) is 0.536. The number of nitrogens with zero attached hydrogens (tertiary/aromatic N) is 1. The largest absolute Gasteiger partial charge is 0.573 e. The number of rotatable bonds is 7. The number of aryl methyl sites for hydroxylation is 1. The van der Waals surface area contributed by atoms with Crippen LogP contribution in [-0.2, 0) is 17.8 Å². The molecule has 38 heavy (non-hydrogen) atoms. The van der Waals surface area contributed by atoms with Crippen molar-refractivity contribution in [3.63, 3.8) is 0 Å². The van der Waals surface area contributed by atoms with E-state index in [-0.39, 0.29) is 23.8 Å². The lowest BCUT2D eigenvalue weighted by Gasteiger charge is -2.45. The average Bonchev–Trinajstić information content (AvgIpc) is 3.69. The zero-order valence-electron chi connectivity index (χ0n) is 21.0. The van der Waals surface area contributed by atoms with E-state index in [1.54, 1.807) is 13.0 Å². The third kappa shape index (κ3) is 5.60. The molecule has 1 saturated carbocycles. The Kier molecular flexibility index (Phi) is 7.04. The molecule has 1 spiro atoms. The lowest BCUT2D eigenvalue weighted by Crippen LogP contribution is -2.49. The SMILES string of the molecule is C[C@H](C(=O)O)[C@H](c1ccc2c(c1F)OC1(CC2)CCN(Cc2cc(F)ccc2OC(F)(F)F)CC1)C1CC1. The number of likely N-dealkylation sites (tertiary alicyclic amines) is 1. The molecule has 2 heterocycles. The highest BCUT2D eigenvalue weighted by molar-refractivity contribution is 5.71. The van der Waals surface area contributed by atoms with Crippen molar-refractivity contribution >= 4 is 5.97 Å². The van der Waals surface area contributed by atoms with E-state index in [1.807, 2.05) is 11.0 Å². The monoisotopic (exact) mass is 539 g/mol. The van der Waals surface area contributed by atoms with Crippen LogP contribution in [0.4, 0.5) is 22.0 Å². The summed E-state index contributed by atoms with van der Waals surface area (Å²) >= 11 is 0. The van der Waals surface area contributed by atoms with Crippen molar-refractivity contribution < 1.29 is 41.3 Å². The Morgan fingerprint density at radius 3 is 2.50 bits per heavy atom. The summed E-state index contributed by atoms with van der Waals surface area (Å²) < 4.78 is 78.5. The Morgan fingerprint density at radius 2 is 1.87 bits per heavy atom. The first-order valence-electron chi connectivity index (χ1n) is 12.9. The molecule has 2 fully saturated rings. The molecule has 10 heteroatoms. The molecule has 2 aromatic carbocycles. The molecule has 1 N–H and O–H groups in total. The summed E-state index contributed by atoms with van der Waals surface area (Å²) in [6, 6.07) is 6.50. The highest BCUT2D eigenvalue weighted by Gasteiger charge is 2.44. The summed E-state index contributed by atoms with van der Waals surface area (Å²) in [6.07, 6.45) is -0.793. The Hall–Kier alpha value is -2.88. The minimum Gasteiger partial charge on any atom is -0.484 e. The summed E-state index contributed by atoms with van der Waals surface area (Å²) in [5, 5.41) is 9.59. The van der Waals surface area contributed by atoms with E-state index in [0.717, 1.165) is 36.6 Å². The Labute approximate surface area is 217 Å². The van der Waals surface area contributed by atoms with Gasteiger partial charge in [0.05, 0.1) is 5.92 Å². The number of alkyl halides is 3. The lowest BCUT2D eigenvalue weighted by molar-refractivity contribution is -0.275. The van der Waals surface area contributed by atoms with E-state index in [0.29, 0.717) is 44.3 Å². The normalized spacial score (nSPS) is 20.9. The molecule has 0 amide bonds. The summed E-state index contributed by atoms with van der Waals surface area (Å²) in [6.45, 7) is 2.63. The summed E-state index contributed by atoms with van der Waals surface area (Å²) in [4.78, 5) is 13.6. The first-order chi connectivity index (χ1) is 17.9. The van der Waals surface area contributed by atoms with Gasteiger partial charge < -0.3 is 14.6 Å². The number of fused-ring (bicyclic) bond motifs is 1. The van der Waals surface area contributed by atoms with Crippen LogP contribution < -0.4 is 9.47 Å². The molecule has 0 bridgehead atoms. The number of aliphatic carboxylic acids is 1. The van der Waals surface area contributed by atoms with Crippen molar-refractivity contribution in [3.05, 3.63) is 58.7 Å². The van der Waals surface area contributed by atoms with Crippen molar-refractivity contribution in [3.8, 4) is 11.5 Å². The van der Waals surface area contributed by atoms with E-state index in [4.69, 9.17) is 4.74 Å². The third-order valence-electron chi connectivity index (χ3n) is 8.20. The highest BCUT2D eigenvalue weighted by atomic mass is 19.4. The van der Waals surface area contributed by atoms with Crippen molar-refractivity contribution in [1.82, 2.24) is 4.90 Å². The van der Waals surface area contributed by atoms with Gasteiger partial charge in [0.15, 0.2) is 11.6 Å². The zero-order chi connectivity index (χ0) is 27.2. The molecule has 2 atom stereocenters. The first kappa shape index (κ1) is 26.7. The van der Waals surface area contributed by atoms with Gasteiger partial charge in [0, 0.05) is 31.1 Å². The summed E-state index contributed by atoms with van der Waals surface area (Å²) in [5.74, 6) is -3.32. The van der Waals surface area contributed by atoms with Gasteiger partial charge in [-0.15, -0.1) is 13.2 Å². The second-order valence-corrected chi connectivity index (χ2v) is 10.8. The van der Waals surface area contributed by atoms with Gasteiger partial charge in [-0.3, -0.25) is 9.69 Å². The maximum Gasteiger partial charge on any atom is 0.573 e. The van der Waals surface area contributed by atoms with Crippen molar-refractivity contribution in [2.75, 3.05) is 13.1 Å². The van der Waals surface area contributed by atoms with Crippen LogP contribution in [0, 0.1) is 23.5 Å². The molecular formula is C28H30F5NO4. The molecule has 3 aliphatic rings. The Balaban J connectivity index is 1.30. The van der Waals surface area contributed by atoms with Crippen LogP contribution in [0.15, 0.2) is 30.3 Å². The maximum atomic E-state index is 15.9. The molecule has 206 valence electrons. The van der Waals surface area contributed by atoms with Crippen LogP contribution in [0.2, 0.25) is 0 Å². The van der Waals surface area contributed by atoms with Crippen LogP contribution in [0.25, 0.3) is 0 Å². The molecular weight excluding hydrogens is 509 g/mol. The van der Waals surface area contributed by atoms with Crippen LogP contribution in [0.5, 0.6) is 11.5 Å². The lowest BCUT2D eigenvalue weighted by atomic mass is 9.80. The highest BCUT2D eigenvalue weighted by Crippen LogP contribution is 2.50. The fourth-order valence-electron chi connectivity index (χ4n) is 5.95. The van der Waals surface area contributed by atoms with Gasteiger partial charge in [-0.25, -0.2) is 8.78 Å². The standard InChI is InChI=1S/C28H30F5NO4/c1-16(26(35)36)23(17-2-3-17)21-6-4-18-8-9-27(38-25(18)24(21)30)10-12-34(13-11-27)15-19-14-20(29)5-7-22(19)37-28(31,32)33/h4-7,14,16-17,23H,2-3,8-13,15H2,1H3,(H,35,36)/t16-,23-/m0/s1. The van der Waals surface area contributed by atoms with Crippen molar-refractivity contribution in [2.24, 2.45) is 11.8 Å². The molecule has 0 aromatic heterocycles. The molecule has 5 rings (SSSR count). The number of hydrogen-bond acceptors (Lipinski definition) is 4. The molecule has 2 aromatic rings. The molecule has 5 nitrogen and oxygen atoms in total. The van der Waals surface area contributed by atoms with E-state index in [9.17, 15) is 27.5 Å². The number of ether oxygens (including phenoxy) is 2. The van der Waals surface area contributed by atoms with Crippen LogP contribution in [0.1, 0.15) is 61.6 Å². The Morgan fingerprint density at radius 1 is 1.16 bits per heavy atom. The van der Waals surface area contributed by atoms with Crippen LogP contribution in [0.3, 0.4) is 0 Å². The smallest absolute Gasteiger partial charge is 0.484 e. The van der Waals surface area contributed by atoms with E-state index in [1.165, 1.54) is 0 Å². The second kappa shape index (κ2) is 10.0. The van der Waals surface area contributed by atoms with Gasteiger partial charge in [0.2, 0.25) is 0 Å². The average molecular weight is 540 g/mol. The predicted molar refractivity (Wildman–Crippen MR) is 128 cm³/mol. The van der Waals surface area contributed by atoms with Crippen LogP contribution in [-0.4, -0.2) is 41.0 Å². The number of carbonyl (C=O) groups is 1. The van der Waals surface area contributed by atoms with Gasteiger partial charge >= 0.3 is 12.3 Å². The number of hydrogen-bond donors (Lipinski definition) is 1. The van der Waals surface area contributed by atoms with Gasteiger partial charge in [0.1, 0.15) is 17.2 Å². The third-order valence-corrected chi connectivity index (χ3v) is 8.20. The molecule has 2 aliphatic heterocycles.